The Hall–Kier alpha value is -0.610. The number of β-amino-alcohol motifs (C(OH)–C–C–N with tert-alkyl or cyclic N) is 1. The highest BCUT2D eigenvalue weighted by Gasteiger charge is 2.27. The van der Waals surface area contributed by atoms with Crippen LogP contribution in [-0.2, 0) is 4.79 Å². The molecule has 0 radical (unpaired) electrons. The molecule has 2 aliphatic rings. The maximum atomic E-state index is 11.8. The molecule has 0 atom stereocenters. The summed E-state index contributed by atoms with van der Waals surface area (Å²) in [6.45, 7) is 8.50. The molecule has 0 bridgehead atoms. The Balaban J connectivity index is 1.72. The van der Waals surface area contributed by atoms with E-state index in [0.29, 0.717) is 11.8 Å². The van der Waals surface area contributed by atoms with E-state index >= 15 is 0 Å². The van der Waals surface area contributed by atoms with Crippen LogP contribution in [0.3, 0.4) is 0 Å². The number of rotatable bonds is 4. The smallest absolute Gasteiger partial charge is 0.222 e. The van der Waals surface area contributed by atoms with Crippen LogP contribution in [0.4, 0.5) is 0 Å². The number of piperidine rings is 2. The summed E-state index contributed by atoms with van der Waals surface area (Å²) in [7, 11) is 0. The third-order valence-electron chi connectivity index (χ3n) is 4.22. The molecule has 0 aromatic carbocycles. The molecule has 19 heavy (non-hydrogen) atoms. The molecule has 2 fully saturated rings. The van der Waals surface area contributed by atoms with Crippen LogP contribution in [0.15, 0.2) is 0 Å². The summed E-state index contributed by atoms with van der Waals surface area (Å²) in [4.78, 5) is 16.2. The van der Waals surface area contributed by atoms with Gasteiger partial charge >= 0.3 is 0 Å². The molecule has 0 aliphatic carbocycles. The van der Waals surface area contributed by atoms with E-state index in [2.05, 4.69) is 9.80 Å². The summed E-state index contributed by atoms with van der Waals surface area (Å²) in [6.07, 6.45) is 5.29. The molecule has 2 heterocycles. The number of amides is 1. The van der Waals surface area contributed by atoms with Gasteiger partial charge in [-0.15, -0.1) is 0 Å². The Labute approximate surface area is 116 Å². The number of aliphatic hydroxyl groups is 1. The molecule has 1 N–H and O–H groups in total. The summed E-state index contributed by atoms with van der Waals surface area (Å²) in [6, 6.07) is 0. The van der Waals surface area contributed by atoms with Crippen LogP contribution in [0, 0.1) is 5.92 Å². The van der Waals surface area contributed by atoms with Gasteiger partial charge < -0.3 is 14.9 Å². The van der Waals surface area contributed by atoms with Crippen molar-refractivity contribution in [2.75, 3.05) is 32.7 Å². The first-order valence-electron chi connectivity index (χ1n) is 7.66. The monoisotopic (exact) mass is 268 g/mol. The number of carbonyl (C=O) groups excluding carboxylic acids is 1. The van der Waals surface area contributed by atoms with E-state index in [9.17, 15) is 9.90 Å². The van der Waals surface area contributed by atoms with Crippen molar-refractivity contribution in [3.8, 4) is 0 Å². The minimum absolute atomic E-state index is 0.352. The van der Waals surface area contributed by atoms with Gasteiger partial charge in [-0.2, -0.15) is 0 Å². The highest BCUT2D eigenvalue weighted by molar-refractivity contribution is 5.76. The van der Waals surface area contributed by atoms with Crippen LogP contribution < -0.4 is 0 Å². The molecule has 4 heteroatoms. The molecule has 0 spiro atoms. The molecule has 4 nitrogen and oxygen atoms in total. The molecule has 2 saturated heterocycles. The Kier molecular flexibility index (Phi) is 4.85. The average molecular weight is 268 g/mol. The Bertz CT molecular complexity index is 304. The fraction of sp³-hybridized carbons (Fsp3) is 0.933. The quantitative estimate of drug-likeness (QED) is 0.840. The highest BCUT2D eigenvalue weighted by atomic mass is 16.3. The minimum atomic E-state index is -0.602. The van der Waals surface area contributed by atoms with Crippen LogP contribution in [-0.4, -0.2) is 59.1 Å². The molecule has 0 unspecified atom stereocenters. The Morgan fingerprint density at radius 3 is 2.47 bits per heavy atom. The van der Waals surface area contributed by atoms with Crippen LogP contribution >= 0.6 is 0 Å². The van der Waals surface area contributed by atoms with Gasteiger partial charge in [0.25, 0.3) is 0 Å². The molecule has 0 aromatic heterocycles. The molecular formula is C15H28N2O2. The SMILES string of the molecule is CC(C)(O)CN1CCC(CN2CCCCC2=O)CC1. The van der Waals surface area contributed by atoms with Gasteiger partial charge in [0.05, 0.1) is 5.60 Å². The van der Waals surface area contributed by atoms with Crippen LogP contribution in [0.25, 0.3) is 0 Å². The van der Waals surface area contributed by atoms with Gasteiger partial charge in [-0.25, -0.2) is 0 Å². The van der Waals surface area contributed by atoms with Crippen molar-refractivity contribution in [3.63, 3.8) is 0 Å². The van der Waals surface area contributed by atoms with Crippen molar-refractivity contribution in [1.29, 1.82) is 0 Å². The number of carbonyl (C=O) groups is 1. The van der Waals surface area contributed by atoms with Crippen molar-refractivity contribution >= 4 is 5.91 Å². The van der Waals surface area contributed by atoms with E-state index in [-0.39, 0.29) is 0 Å². The van der Waals surface area contributed by atoms with Gasteiger partial charge in [0, 0.05) is 26.1 Å². The zero-order chi connectivity index (χ0) is 13.9. The summed E-state index contributed by atoms with van der Waals surface area (Å²) >= 11 is 0. The predicted molar refractivity (Wildman–Crippen MR) is 75.9 cm³/mol. The van der Waals surface area contributed by atoms with E-state index in [1.165, 1.54) is 6.42 Å². The van der Waals surface area contributed by atoms with Crippen molar-refractivity contribution in [3.05, 3.63) is 0 Å². The van der Waals surface area contributed by atoms with E-state index in [0.717, 1.165) is 58.4 Å². The van der Waals surface area contributed by atoms with Gasteiger partial charge in [-0.05, 0) is 58.5 Å². The normalized spacial score (nSPS) is 23.9. The van der Waals surface area contributed by atoms with Crippen LogP contribution in [0.2, 0.25) is 0 Å². The lowest BCUT2D eigenvalue weighted by Crippen LogP contribution is -2.46. The summed E-state index contributed by atoms with van der Waals surface area (Å²) in [5, 5.41) is 9.84. The van der Waals surface area contributed by atoms with E-state index in [4.69, 9.17) is 0 Å². The van der Waals surface area contributed by atoms with Gasteiger partial charge in [0.1, 0.15) is 0 Å². The van der Waals surface area contributed by atoms with Gasteiger partial charge in [0.2, 0.25) is 5.91 Å². The third kappa shape index (κ3) is 4.77. The largest absolute Gasteiger partial charge is 0.389 e. The van der Waals surface area contributed by atoms with Crippen LogP contribution in [0.1, 0.15) is 46.0 Å². The van der Waals surface area contributed by atoms with Gasteiger partial charge in [0.15, 0.2) is 0 Å². The Morgan fingerprint density at radius 2 is 1.89 bits per heavy atom. The fourth-order valence-corrected chi connectivity index (χ4v) is 3.24. The van der Waals surface area contributed by atoms with E-state index in [1.54, 1.807) is 0 Å². The third-order valence-corrected chi connectivity index (χ3v) is 4.22. The lowest BCUT2D eigenvalue weighted by molar-refractivity contribution is -0.134. The second kappa shape index (κ2) is 6.23. The first kappa shape index (κ1) is 14.8. The number of hydrogen-bond acceptors (Lipinski definition) is 3. The summed E-state index contributed by atoms with van der Waals surface area (Å²) in [5.74, 6) is 1.00. The Morgan fingerprint density at radius 1 is 1.21 bits per heavy atom. The molecule has 2 rings (SSSR count). The second-order valence-corrected chi connectivity index (χ2v) is 6.83. The van der Waals surface area contributed by atoms with Gasteiger partial charge in [-0.1, -0.05) is 0 Å². The maximum Gasteiger partial charge on any atom is 0.222 e. The summed E-state index contributed by atoms with van der Waals surface area (Å²) < 4.78 is 0. The number of nitrogens with zero attached hydrogens (tertiary/aromatic N) is 2. The zero-order valence-corrected chi connectivity index (χ0v) is 12.4. The molecule has 110 valence electrons. The molecule has 0 saturated carbocycles. The first-order valence-corrected chi connectivity index (χ1v) is 7.66. The first-order chi connectivity index (χ1) is 8.94. The number of likely N-dealkylation sites (tertiary alicyclic amines) is 2. The topological polar surface area (TPSA) is 43.8 Å². The predicted octanol–water partition coefficient (Wildman–Crippen LogP) is 1.48. The number of hydrogen-bond donors (Lipinski definition) is 1. The molecule has 1 amide bonds. The van der Waals surface area contributed by atoms with E-state index < -0.39 is 5.60 Å². The zero-order valence-electron chi connectivity index (χ0n) is 12.4. The standard InChI is InChI=1S/C15H28N2O2/c1-15(2,19)12-16-9-6-13(7-10-16)11-17-8-4-3-5-14(17)18/h13,19H,3-12H2,1-2H3. The molecule has 0 aromatic rings. The van der Waals surface area contributed by atoms with E-state index in [1.807, 2.05) is 13.8 Å². The lowest BCUT2D eigenvalue weighted by Gasteiger charge is -2.37. The van der Waals surface area contributed by atoms with Crippen molar-refractivity contribution in [1.82, 2.24) is 9.80 Å². The second-order valence-electron chi connectivity index (χ2n) is 6.83. The lowest BCUT2D eigenvalue weighted by atomic mass is 9.94. The maximum absolute atomic E-state index is 11.8. The van der Waals surface area contributed by atoms with Crippen molar-refractivity contribution in [2.24, 2.45) is 5.92 Å². The molecule has 2 aliphatic heterocycles. The van der Waals surface area contributed by atoms with Crippen molar-refractivity contribution in [2.45, 2.75) is 51.6 Å². The van der Waals surface area contributed by atoms with Gasteiger partial charge in [-0.3, -0.25) is 4.79 Å². The fourth-order valence-electron chi connectivity index (χ4n) is 3.24. The average Bonchev–Trinajstić information content (AvgIpc) is 2.33. The summed E-state index contributed by atoms with van der Waals surface area (Å²) in [5.41, 5.74) is -0.602. The van der Waals surface area contributed by atoms with Crippen molar-refractivity contribution < 1.29 is 9.90 Å². The molecular weight excluding hydrogens is 240 g/mol. The van der Waals surface area contributed by atoms with Crippen LogP contribution in [0.5, 0.6) is 0 Å². The highest BCUT2D eigenvalue weighted by Crippen LogP contribution is 2.22. The minimum Gasteiger partial charge on any atom is -0.389 e.